The number of carbonyl (C=O) groups excluding carboxylic acids is 2. The highest BCUT2D eigenvalue weighted by molar-refractivity contribution is 8.15. The molecule has 1 saturated heterocycles. The van der Waals surface area contributed by atoms with Gasteiger partial charge in [-0.15, -0.1) is 0 Å². The highest BCUT2D eigenvalue weighted by Gasteiger charge is 2.47. The van der Waals surface area contributed by atoms with Crippen LogP contribution < -0.4 is 0 Å². The summed E-state index contributed by atoms with van der Waals surface area (Å²) in [5.41, 5.74) is 0.894. The summed E-state index contributed by atoms with van der Waals surface area (Å²) in [5.74, 6) is -1.25. The van der Waals surface area contributed by atoms with Gasteiger partial charge in [0.15, 0.2) is 5.17 Å². The molecule has 0 N–H and O–H groups in total. The van der Waals surface area contributed by atoms with E-state index in [1.54, 1.807) is 25.1 Å². The van der Waals surface area contributed by atoms with Crippen LogP contribution in [0.15, 0.2) is 40.5 Å². The Labute approximate surface area is 143 Å². The third-order valence-electron chi connectivity index (χ3n) is 4.13. The van der Waals surface area contributed by atoms with E-state index in [4.69, 9.17) is 4.74 Å². The van der Waals surface area contributed by atoms with Crippen LogP contribution in [0.4, 0.5) is 4.39 Å². The predicted octanol–water partition coefficient (Wildman–Crippen LogP) is 3.04. The first-order valence-corrected chi connectivity index (χ1v) is 8.49. The first-order chi connectivity index (χ1) is 11.5. The lowest BCUT2D eigenvalue weighted by Crippen LogP contribution is -2.41. The number of rotatable bonds is 3. The molecule has 1 aromatic carbocycles. The van der Waals surface area contributed by atoms with Gasteiger partial charge in [0, 0.05) is 5.56 Å². The third-order valence-corrected chi connectivity index (χ3v) is 5.45. The number of methoxy groups -OCH3 is 1. The van der Waals surface area contributed by atoms with Crippen LogP contribution in [-0.4, -0.2) is 34.3 Å². The number of benzene rings is 1. The maximum atomic E-state index is 14.4. The Morgan fingerprint density at radius 3 is 2.75 bits per heavy atom. The molecule has 3 rings (SSSR count). The van der Waals surface area contributed by atoms with E-state index in [0.717, 1.165) is 0 Å². The van der Waals surface area contributed by atoms with E-state index in [2.05, 4.69) is 4.99 Å². The third kappa shape index (κ3) is 2.53. The average molecular weight is 348 g/mol. The molecule has 2 aliphatic heterocycles. The molecule has 0 radical (unpaired) electrons. The Balaban J connectivity index is 2.20. The van der Waals surface area contributed by atoms with Gasteiger partial charge in [0.05, 0.1) is 23.6 Å². The van der Waals surface area contributed by atoms with E-state index in [-0.39, 0.29) is 22.3 Å². The summed E-state index contributed by atoms with van der Waals surface area (Å²) in [4.78, 5) is 30.9. The summed E-state index contributed by atoms with van der Waals surface area (Å²) < 4.78 is 19.3. The first kappa shape index (κ1) is 16.7. The molecule has 0 saturated carbocycles. The predicted molar refractivity (Wildman–Crippen MR) is 89.8 cm³/mol. The van der Waals surface area contributed by atoms with Crippen molar-refractivity contribution in [2.45, 2.75) is 31.6 Å². The number of amides is 1. The molecule has 2 aliphatic rings. The highest BCUT2D eigenvalue weighted by Crippen LogP contribution is 2.44. The van der Waals surface area contributed by atoms with E-state index in [9.17, 15) is 14.0 Å². The second-order valence-corrected chi connectivity index (χ2v) is 6.70. The molecule has 2 atom stereocenters. The molecule has 0 aliphatic carbocycles. The highest BCUT2D eigenvalue weighted by atomic mass is 32.2. The maximum Gasteiger partial charge on any atom is 0.338 e. The average Bonchev–Trinajstić information content (AvgIpc) is 2.89. The lowest BCUT2D eigenvalue weighted by Gasteiger charge is -2.33. The molecule has 126 valence electrons. The van der Waals surface area contributed by atoms with Crippen molar-refractivity contribution in [3.8, 4) is 0 Å². The lowest BCUT2D eigenvalue weighted by molar-refractivity contribution is -0.137. The number of halogens is 1. The van der Waals surface area contributed by atoms with E-state index in [0.29, 0.717) is 17.3 Å². The van der Waals surface area contributed by atoms with Gasteiger partial charge in [-0.2, -0.15) is 0 Å². The molecule has 1 amide bonds. The number of hydrogen-bond acceptors (Lipinski definition) is 5. The van der Waals surface area contributed by atoms with Crippen molar-refractivity contribution in [2.75, 3.05) is 7.11 Å². The minimum atomic E-state index is -0.859. The summed E-state index contributed by atoms with van der Waals surface area (Å²) in [6.45, 7) is 3.59. The van der Waals surface area contributed by atoms with Gasteiger partial charge in [0.1, 0.15) is 11.9 Å². The van der Waals surface area contributed by atoms with Crippen molar-refractivity contribution in [1.82, 2.24) is 4.90 Å². The number of nitrogens with zero attached hydrogens (tertiary/aromatic N) is 2. The fourth-order valence-electron chi connectivity index (χ4n) is 2.95. The fraction of sp³-hybridized carbons (Fsp3) is 0.353. The largest absolute Gasteiger partial charge is 0.466 e. The van der Waals surface area contributed by atoms with Crippen LogP contribution in [0.2, 0.25) is 0 Å². The molecule has 5 nitrogen and oxygen atoms in total. The van der Waals surface area contributed by atoms with E-state index in [1.165, 1.54) is 29.8 Å². The molecule has 2 heterocycles. The van der Waals surface area contributed by atoms with E-state index < -0.39 is 17.8 Å². The molecule has 0 spiro atoms. The Morgan fingerprint density at radius 2 is 2.12 bits per heavy atom. The van der Waals surface area contributed by atoms with Crippen LogP contribution in [0.5, 0.6) is 0 Å². The number of esters is 1. The summed E-state index contributed by atoms with van der Waals surface area (Å²) in [5, 5.41) is 0.230. The maximum absolute atomic E-state index is 14.4. The molecule has 0 bridgehead atoms. The molecule has 1 aromatic rings. The number of carbonyl (C=O) groups is 2. The Hall–Kier alpha value is -2.15. The van der Waals surface area contributed by atoms with Crippen molar-refractivity contribution in [2.24, 2.45) is 4.99 Å². The zero-order valence-corrected chi connectivity index (χ0v) is 14.4. The van der Waals surface area contributed by atoms with Crippen molar-refractivity contribution < 1.29 is 18.7 Å². The number of allylic oxidation sites excluding steroid dienone is 1. The second kappa shape index (κ2) is 6.39. The van der Waals surface area contributed by atoms with Gasteiger partial charge in [-0.25, -0.2) is 14.2 Å². The molecule has 0 unspecified atom stereocenters. The number of fused-ring (bicyclic) bond motifs is 1. The summed E-state index contributed by atoms with van der Waals surface area (Å²) in [7, 11) is 1.26. The fourth-order valence-corrected chi connectivity index (χ4v) is 4.09. The number of thioether (sulfide) groups is 1. The Bertz CT molecular complexity index is 775. The van der Waals surface area contributed by atoms with Gasteiger partial charge < -0.3 is 4.74 Å². The first-order valence-electron chi connectivity index (χ1n) is 7.61. The number of amidine groups is 1. The molecule has 24 heavy (non-hydrogen) atoms. The van der Waals surface area contributed by atoms with Crippen molar-refractivity contribution in [1.29, 1.82) is 0 Å². The van der Waals surface area contributed by atoms with Gasteiger partial charge in [-0.1, -0.05) is 36.9 Å². The monoisotopic (exact) mass is 348 g/mol. The van der Waals surface area contributed by atoms with Crippen LogP contribution in [0.1, 0.15) is 31.9 Å². The van der Waals surface area contributed by atoms with Crippen molar-refractivity contribution in [3.63, 3.8) is 0 Å². The van der Waals surface area contributed by atoms with Crippen LogP contribution in [0.3, 0.4) is 0 Å². The quantitative estimate of drug-likeness (QED) is 0.788. The van der Waals surface area contributed by atoms with E-state index >= 15 is 0 Å². The molecule has 1 fully saturated rings. The molecule has 7 heteroatoms. The number of hydrogen-bond donors (Lipinski definition) is 0. The zero-order chi connectivity index (χ0) is 17.4. The Kier molecular flexibility index (Phi) is 4.45. The minimum absolute atomic E-state index is 0.164. The summed E-state index contributed by atoms with van der Waals surface area (Å²) in [6.07, 6.45) is 0.635. The summed E-state index contributed by atoms with van der Waals surface area (Å²) >= 11 is 1.35. The SMILES string of the molecule is CC[C@H]1SC2=NC(C)=C(C(=O)OC)[C@@H](c3ccccc3F)N2C1=O. The Morgan fingerprint density at radius 1 is 1.42 bits per heavy atom. The standard InChI is InChI=1S/C17H17FN2O3S/c1-4-12-15(21)20-14(10-7-5-6-8-11(10)18)13(16(22)23-3)9(2)19-17(20)24-12/h5-8,12,14H,4H2,1-3H3/t12-,14-/m1/s1. The van der Waals surface area contributed by atoms with Crippen LogP contribution >= 0.6 is 11.8 Å². The second-order valence-electron chi connectivity index (χ2n) is 5.53. The molecule has 0 aromatic heterocycles. The van der Waals surface area contributed by atoms with Gasteiger partial charge in [-0.05, 0) is 19.4 Å². The van der Waals surface area contributed by atoms with Gasteiger partial charge >= 0.3 is 5.97 Å². The molecular weight excluding hydrogens is 331 g/mol. The van der Waals surface area contributed by atoms with Crippen molar-refractivity contribution in [3.05, 3.63) is 46.9 Å². The number of ether oxygens (including phenoxy) is 1. The smallest absolute Gasteiger partial charge is 0.338 e. The van der Waals surface area contributed by atoms with Gasteiger partial charge in [0.2, 0.25) is 5.91 Å². The van der Waals surface area contributed by atoms with Gasteiger partial charge in [0.25, 0.3) is 0 Å². The lowest BCUT2D eigenvalue weighted by atomic mass is 9.94. The van der Waals surface area contributed by atoms with Crippen LogP contribution in [-0.2, 0) is 14.3 Å². The topological polar surface area (TPSA) is 59.0 Å². The summed E-state index contributed by atoms with van der Waals surface area (Å²) in [6, 6.07) is 5.29. The molecular formula is C17H17FN2O3S. The van der Waals surface area contributed by atoms with Gasteiger partial charge in [-0.3, -0.25) is 9.69 Å². The van der Waals surface area contributed by atoms with Crippen LogP contribution in [0.25, 0.3) is 0 Å². The number of aliphatic imine (C=N–C) groups is 1. The van der Waals surface area contributed by atoms with Crippen LogP contribution in [0, 0.1) is 5.82 Å². The normalized spacial score (nSPS) is 23.2. The van der Waals surface area contributed by atoms with Crippen molar-refractivity contribution >= 4 is 28.8 Å². The minimum Gasteiger partial charge on any atom is -0.466 e. The zero-order valence-electron chi connectivity index (χ0n) is 13.6. The van der Waals surface area contributed by atoms with E-state index in [1.807, 2.05) is 6.92 Å².